The second-order valence-corrected chi connectivity index (χ2v) is 7.06. The van der Waals surface area contributed by atoms with E-state index in [1.165, 1.54) is 0 Å². The van der Waals surface area contributed by atoms with Crippen LogP contribution >= 0.6 is 11.6 Å². The number of nitrogens with zero attached hydrogens (tertiary/aromatic N) is 4. The molecule has 1 saturated heterocycles. The standard InChI is InChI=1S/C19H19ClN6O/c1-26-7-3-12(11-26)25-19(27)14-2-4-21-10-17(14)24-13-8-15(20)18-16(9-13)22-5-6-23-18/h2,4-6,8-10,12,24H,3,7,11H2,1H3,(H,25,27)/t12-/m0/s1. The fraction of sp³-hybridized carbons (Fsp3) is 0.263. The van der Waals surface area contributed by atoms with Crippen LogP contribution in [-0.2, 0) is 0 Å². The summed E-state index contributed by atoms with van der Waals surface area (Å²) in [6, 6.07) is 5.47. The predicted molar refractivity (Wildman–Crippen MR) is 105 cm³/mol. The lowest BCUT2D eigenvalue weighted by Crippen LogP contribution is -2.36. The Morgan fingerprint density at radius 3 is 2.93 bits per heavy atom. The average Bonchev–Trinajstić information content (AvgIpc) is 3.07. The number of aromatic nitrogens is 3. The van der Waals surface area contributed by atoms with Crippen LogP contribution in [0.3, 0.4) is 0 Å². The third-order valence-electron chi connectivity index (χ3n) is 4.60. The number of fused-ring (bicyclic) bond motifs is 1. The Kier molecular flexibility index (Phi) is 4.87. The number of likely N-dealkylation sites (tertiary alicyclic amines) is 1. The molecule has 1 atom stereocenters. The van der Waals surface area contributed by atoms with Gasteiger partial charge in [0.1, 0.15) is 5.52 Å². The number of pyridine rings is 1. The van der Waals surface area contributed by atoms with E-state index in [-0.39, 0.29) is 11.9 Å². The zero-order valence-electron chi connectivity index (χ0n) is 14.8. The van der Waals surface area contributed by atoms with E-state index < -0.39 is 0 Å². The summed E-state index contributed by atoms with van der Waals surface area (Å²) in [5.41, 5.74) is 3.18. The van der Waals surface area contributed by atoms with Crippen molar-refractivity contribution in [3.05, 3.63) is 53.6 Å². The quantitative estimate of drug-likeness (QED) is 0.722. The lowest BCUT2D eigenvalue weighted by Gasteiger charge is -2.16. The summed E-state index contributed by atoms with van der Waals surface area (Å²) in [5.74, 6) is -0.119. The first kappa shape index (κ1) is 17.6. The van der Waals surface area contributed by atoms with Crippen molar-refractivity contribution in [2.45, 2.75) is 12.5 Å². The van der Waals surface area contributed by atoms with Gasteiger partial charge < -0.3 is 15.5 Å². The van der Waals surface area contributed by atoms with Crippen molar-refractivity contribution in [2.24, 2.45) is 0 Å². The van der Waals surface area contributed by atoms with Crippen LogP contribution in [0.25, 0.3) is 11.0 Å². The van der Waals surface area contributed by atoms with Crippen LogP contribution in [0.1, 0.15) is 16.8 Å². The maximum Gasteiger partial charge on any atom is 0.253 e. The molecule has 3 aromatic rings. The Balaban J connectivity index is 1.59. The highest BCUT2D eigenvalue weighted by atomic mass is 35.5. The monoisotopic (exact) mass is 382 g/mol. The van der Waals surface area contributed by atoms with Crippen molar-refractivity contribution in [2.75, 3.05) is 25.5 Å². The smallest absolute Gasteiger partial charge is 0.253 e. The zero-order valence-corrected chi connectivity index (χ0v) is 15.6. The minimum absolute atomic E-state index is 0.119. The molecule has 0 bridgehead atoms. The van der Waals surface area contributed by atoms with Gasteiger partial charge in [-0.15, -0.1) is 0 Å². The van der Waals surface area contributed by atoms with E-state index in [1.54, 1.807) is 36.9 Å². The molecule has 1 aromatic carbocycles. The number of benzene rings is 1. The zero-order chi connectivity index (χ0) is 18.8. The van der Waals surface area contributed by atoms with Crippen molar-refractivity contribution in [1.29, 1.82) is 0 Å². The molecule has 1 fully saturated rings. The topological polar surface area (TPSA) is 83.0 Å². The van der Waals surface area contributed by atoms with E-state index in [1.807, 2.05) is 6.07 Å². The molecule has 4 rings (SSSR count). The Labute approximate surface area is 161 Å². The molecule has 0 spiro atoms. The SMILES string of the molecule is CN1CC[C@H](NC(=O)c2ccncc2Nc2cc(Cl)c3nccnc3c2)C1. The Morgan fingerprint density at radius 1 is 1.26 bits per heavy atom. The molecule has 27 heavy (non-hydrogen) atoms. The molecule has 7 nitrogen and oxygen atoms in total. The van der Waals surface area contributed by atoms with Crippen molar-refractivity contribution in [3.8, 4) is 0 Å². The van der Waals surface area contributed by atoms with E-state index >= 15 is 0 Å². The third kappa shape index (κ3) is 3.84. The van der Waals surface area contributed by atoms with E-state index in [0.717, 1.165) is 25.2 Å². The summed E-state index contributed by atoms with van der Waals surface area (Å²) in [6.07, 6.45) is 7.41. The van der Waals surface area contributed by atoms with Gasteiger partial charge in [0.25, 0.3) is 5.91 Å². The van der Waals surface area contributed by atoms with Crippen LogP contribution in [0.15, 0.2) is 43.0 Å². The fourth-order valence-corrected chi connectivity index (χ4v) is 3.53. The number of rotatable bonds is 4. The summed E-state index contributed by atoms with van der Waals surface area (Å²) in [5, 5.41) is 6.82. The number of halogens is 1. The van der Waals surface area contributed by atoms with Crippen LogP contribution in [0.4, 0.5) is 11.4 Å². The van der Waals surface area contributed by atoms with Crippen LogP contribution in [-0.4, -0.2) is 51.9 Å². The van der Waals surface area contributed by atoms with Gasteiger partial charge in [0.05, 0.1) is 28.0 Å². The van der Waals surface area contributed by atoms with Gasteiger partial charge in [-0.3, -0.25) is 19.7 Å². The Bertz CT molecular complexity index is 995. The maximum absolute atomic E-state index is 12.8. The second kappa shape index (κ2) is 7.46. The molecular formula is C19H19ClN6O. The van der Waals surface area contributed by atoms with Gasteiger partial charge in [-0.05, 0) is 38.2 Å². The molecule has 1 aliphatic heterocycles. The lowest BCUT2D eigenvalue weighted by atomic mass is 10.1. The number of anilines is 2. The van der Waals surface area contributed by atoms with Gasteiger partial charge in [-0.2, -0.15) is 0 Å². The van der Waals surface area contributed by atoms with E-state index in [0.29, 0.717) is 27.3 Å². The first-order valence-electron chi connectivity index (χ1n) is 8.71. The van der Waals surface area contributed by atoms with Gasteiger partial charge in [-0.25, -0.2) is 0 Å². The van der Waals surface area contributed by atoms with Crippen LogP contribution < -0.4 is 10.6 Å². The fourth-order valence-electron chi connectivity index (χ4n) is 3.27. The molecule has 138 valence electrons. The summed E-state index contributed by atoms with van der Waals surface area (Å²) < 4.78 is 0. The highest BCUT2D eigenvalue weighted by molar-refractivity contribution is 6.35. The number of nitrogens with one attached hydrogen (secondary N) is 2. The number of carbonyl (C=O) groups excluding carboxylic acids is 1. The first-order chi connectivity index (χ1) is 13.1. The minimum Gasteiger partial charge on any atom is -0.354 e. The molecule has 1 aliphatic rings. The molecule has 8 heteroatoms. The molecule has 3 heterocycles. The van der Waals surface area contributed by atoms with Crippen molar-refractivity contribution in [3.63, 3.8) is 0 Å². The summed E-state index contributed by atoms with van der Waals surface area (Å²) in [6.45, 7) is 1.85. The molecular weight excluding hydrogens is 364 g/mol. The first-order valence-corrected chi connectivity index (χ1v) is 9.08. The van der Waals surface area contributed by atoms with E-state index in [9.17, 15) is 4.79 Å². The van der Waals surface area contributed by atoms with Crippen molar-refractivity contribution >= 4 is 39.9 Å². The van der Waals surface area contributed by atoms with Crippen LogP contribution in [0.2, 0.25) is 5.02 Å². The van der Waals surface area contributed by atoms with Crippen LogP contribution in [0.5, 0.6) is 0 Å². The summed E-state index contributed by atoms with van der Waals surface area (Å²) >= 11 is 6.32. The molecule has 1 amide bonds. The third-order valence-corrected chi connectivity index (χ3v) is 4.89. The highest BCUT2D eigenvalue weighted by Gasteiger charge is 2.22. The van der Waals surface area contributed by atoms with E-state index in [4.69, 9.17) is 11.6 Å². The average molecular weight is 383 g/mol. The second-order valence-electron chi connectivity index (χ2n) is 6.65. The van der Waals surface area contributed by atoms with Gasteiger partial charge in [-0.1, -0.05) is 11.6 Å². The molecule has 0 radical (unpaired) electrons. The van der Waals surface area contributed by atoms with Crippen LogP contribution in [0, 0.1) is 0 Å². The van der Waals surface area contributed by atoms with Gasteiger partial charge in [0.2, 0.25) is 0 Å². The van der Waals surface area contributed by atoms with Crippen molar-refractivity contribution in [1.82, 2.24) is 25.2 Å². The lowest BCUT2D eigenvalue weighted by molar-refractivity contribution is 0.0939. The van der Waals surface area contributed by atoms with E-state index in [2.05, 4.69) is 37.5 Å². The Hall–Kier alpha value is -2.77. The van der Waals surface area contributed by atoms with Gasteiger partial charge >= 0.3 is 0 Å². The van der Waals surface area contributed by atoms with Crippen molar-refractivity contribution < 1.29 is 4.79 Å². The normalized spacial score (nSPS) is 17.2. The largest absolute Gasteiger partial charge is 0.354 e. The number of amides is 1. The molecule has 0 saturated carbocycles. The molecule has 2 N–H and O–H groups in total. The number of hydrogen-bond acceptors (Lipinski definition) is 6. The molecule has 0 unspecified atom stereocenters. The number of hydrogen-bond donors (Lipinski definition) is 2. The maximum atomic E-state index is 12.8. The summed E-state index contributed by atoms with van der Waals surface area (Å²) in [4.78, 5) is 27.6. The van der Waals surface area contributed by atoms with Gasteiger partial charge in [0, 0.05) is 36.9 Å². The van der Waals surface area contributed by atoms with Gasteiger partial charge in [0.15, 0.2) is 0 Å². The Morgan fingerprint density at radius 2 is 2.11 bits per heavy atom. The molecule has 2 aromatic heterocycles. The predicted octanol–water partition coefficient (Wildman–Crippen LogP) is 2.86. The number of carbonyl (C=O) groups is 1. The summed E-state index contributed by atoms with van der Waals surface area (Å²) in [7, 11) is 2.05. The highest BCUT2D eigenvalue weighted by Crippen LogP contribution is 2.28. The minimum atomic E-state index is -0.119. The number of likely N-dealkylation sites (N-methyl/N-ethyl adjacent to an activating group) is 1. The molecule has 0 aliphatic carbocycles.